The molecule has 1 aliphatic heterocycles. The smallest absolute Gasteiger partial charge is 0.0303 e. The molecule has 1 N–H and O–H groups in total. The van der Waals surface area contributed by atoms with Gasteiger partial charge in [0.15, 0.2) is 0 Å². The van der Waals surface area contributed by atoms with Crippen molar-refractivity contribution in [1.82, 2.24) is 10.2 Å². The normalized spacial score (nSPS) is 24.0. The van der Waals surface area contributed by atoms with Crippen LogP contribution in [0.3, 0.4) is 0 Å². The Morgan fingerprint density at radius 1 is 1.38 bits per heavy atom. The highest BCUT2D eigenvalue weighted by atomic mass is 32.2. The molecule has 0 radical (unpaired) electrons. The molecule has 0 spiro atoms. The fraction of sp³-hybridized carbons (Fsp3) is 1.00. The van der Waals surface area contributed by atoms with Crippen LogP contribution in [-0.2, 0) is 0 Å². The van der Waals surface area contributed by atoms with Crippen LogP contribution in [-0.4, -0.2) is 48.1 Å². The van der Waals surface area contributed by atoms with Crippen LogP contribution in [0, 0.1) is 0 Å². The molecule has 1 saturated heterocycles. The second-order valence-electron chi connectivity index (χ2n) is 5.05. The highest BCUT2D eigenvalue weighted by molar-refractivity contribution is 7.99. The Bertz CT molecular complexity index is 192. The summed E-state index contributed by atoms with van der Waals surface area (Å²) >= 11 is 1.98. The number of hydrogen-bond acceptors (Lipinski definition) is 3. The zero-order valence-corrected chi connectivity index (χ0v) is 12.2. The molecule has 0 aromatic carbocycles. The standard InChI is InChI=1S/C13H28N2S/c1-5-13(6-2)11-15(9-7-8-14-13)10-12(3)16-4/h12,14H,5-11H2,1-4H3. The van der Waals surface area contributed by atoms with E-state index in [0.717, 1.165) is 5.25 Å². The number of hydrogen-bond donors (Lipinski definition) is 1. The van der Waals surface area contributed by atoms with Crippen molar-refractivity contribution in [1.29, 1.82) is 0 Å². The molecule has 2 nitrogen and oxygen atoms in total. The van der Waals surface area contributed by atoms with E-state index >= 15 is 0 Å². The summed E-state index contributed by atoms with van der Waals surface area (Å²) in [6.07, 6.45) is 6.00. The van der Waals surface area contributed by atoms with Crippen LogP contribution in [0.25, 0.3) is 0 Å². The zero-order valence-electron chi connectivity index (χ0n) is 11.4. The Hall–Kier alpha value is 0.270. The summed E-state index contributed by atoms with van der Waals surface area (Å²) in [5, 5.41) is 4.52. The van der Waals surface area contributed by atoms with Gasteiger partial charge in [-0.25, -0.2) is 0 Å². The van der Waals surface area contributed by atoms with Crippen molar-refractivity contribution in [2.24, 2.45) is 0 Å². The van der Waals surface area contributed by atoms with E-state index in [2.05, 4.69) is 37.2 Å². The summed E-state index contributed by atoms with van der Waals surface area (Å²) in [4.78, 5) is 2.66. The number of nitrogens with one attached hydrogen (secondary N) is 1. The minimum atomic E-state index is 0.370. The van der Waals surface area contributed by atoms with E-state index in [1.807, 2.05) is 11.8 Å². The van der Waals surface area contributed by atoms with E-state index in [1.165, 1.54) is 45.4 Å². The summed E-state index contributed by atoms with van der Waals surface area (Å²) in [6, 6.07) is 0. The lowest BCUT2D eigenvalue weighted by atomic mass is 9.92. The van der Waals surface area contributed by atoms with Gasteiger partial charge in [-0.1, -0.05) is 20.8 Å². The summed E-state index contributed by atoms with van der Waals surface area (Å²) < 4.78 is 0. The average molecular weight is 244 g/mol. The van der Waals surface area contributed by atoms with Crippen LogP contribution >= 0.6 is 11.8 Å². The van der Waals surface area contributed by atoms with Gasteiger partial charge in [-0.3, -0.25) is 0 Å². The molecule has 0 amide bonds. The molecule has 0 aromatic heterocycles. The Morgan fingerprint density at radius 3 is 2.62 bits per heavy atom. The van der Waals surface area contributed by atoms with Gasteiger partial charge in [0.1, 0.15) is 0 Å². The van der Waals surface area contributed by atoms with Gasteiger partial charge < -0.3 is 10.2 Å². The lowest BCUT2D eigenvalue weighted by Crippen LogP contribution is -2.51. The van der Waals surface area contributed by atoms with E-state index in [1.54, 1.807) is 0 Å². The molecule has 0 saturated carbocycles. The molecule has 3 heteroatoms. The van der Waals surface area contributed by atoms with Crippen molar-refractivity contribution in [3.8, 4) is 0 Å². The maximum absolute atomic E-state index is 3.77. The van der Waals surface area contributed by atoms with Gasteiger partial charge in [0.25, 0.3) is 0 Å². The number of nitrogens with zero attached hydrogens (tertiary/aromatic N) is 1. The van der Waals surface area contributed by atoms with Gasteiger partial charge in [0.05, 0.1) is 0 Å². The molecular formula is C13H28N2S. The predicted octanol–water partition coefficient (Wildman–Crippen LogP) is 2.59. The molecule has 0 aromatic rings. The van der Waals surface area contributed by atoms with E-state index < -0.39 is 0 Å². The van der Waals surface area contributed by atoms with Crippen molar-refractivity contribution in [3.63, 3.8) is 0 Å². The minimum absolute atomic E-state index is 0.370. The zero-order chi connectivity index (χ0) is 12.0. The third-order valence-electron chi connectivity index (χ3n) is 3.95. The van der Waals surface area contributed by atoms with Crippen molar-refractivity contribution < 1.29 is 0 Å². The Kier molecular flexibility index (Phi) is 6.16. The maximum atomic E-state index is 3.77. The van der Waals surface area contributed by atoms with E-state index in [9.17, 15) is 0 Å². The first kappa shape index (κ1) is 14.3. The van der Waals surface area contributed by atoms with Crippen molar-refractivity contribution >= 4 is 11.8 Å². The fourth-order valence-corrected chi connectivity index (χ4v) is 2.90. The summed E-state index contributed by atoms with van der Waals surface area (Å²) in [6.45, 7) is 11.9. The van der Waals surface area contributed by atoms with Crippen LogP contribution in [0.1, 0.15) is 40.0 Å². The van der Waals surface area contributed by atoms with Gasteiger partial charge in [0, 0.05) is 23.9 Å². The number of rotatable bonds is 5. The quantitative estimate of drug-likeness (QED) is 0.800. The second kappa shape index (κ2) is 6.87. The second-order valence-corrected chi connectivity index (χ2v) is 6.33. The van der Waals surface area contributed by atoms with Crippen LogP contribution in [0.4, 0.5) is 0 Å². The van der Waals surface area contributed by atoms with Gasteiger partial charge in [-0.05, 0) is 38.6 Å². The predicted molar refractivity (Wildman–Crippen MR) is 75.3 cm³/mol. The van der Waals surface area contributed by atoms with Crippen LogP contribution in [0.2, 0.25) is 0 Å². The van der Waals surface area contributed by atoms with Crippen molar-refractivity contribution in [2.45, 2.75) is 50.8 Å². The summed E-state index contributed by atoms with van der Waals surface area (Å²) in [5.41, 5.74) is 0.370. The van der Waals surface area contributed by atoms with Crippen molar-refractivity contribution in [3.05, 3.63) is 0 Å². The molecule has 0 bridgehead atoms. The topological polar surface area (TPSA) is 15.3 Å². The van der Waals surface area contributed by atoms with Gasteiger partial charge in [-0.2, -0.15) is 11.8 Å². The molecule has 1 fully saturated rings. The molecule has 1 rings (SSSR count). The van der Waals surface area contributed by atoms with Crippen LogP contribution in [0.15, 0.2) is 0 Å². The molecule has 0 aliphatic carbocycles. The Morgan fingerprint density at radius 2 is 2.06 bits per heavy atom. The summed E-state index contributed by atoms with van der Waals surface area (Å²) in [5.74, 6) is 0. The maximum Gasteiger partial charge on any atom is 0.0303 e. The van der Waals surface area contributed by atoms with Crippen molar-refractivity contribution in [2.75, 3.05) is 32.4 Å². The first-order chi connectivity index (χ1) is 7.65. The molecular weight excluding hydrogens is 216 g/mol. The monoisotopic (exact) mass is 244 g/mol. The Labute approximate surface area is 106 Å². The first-order valence-corrected chi connectivity index (χ1v) is 7.94. The third kappa shape index (κ3) is 3.94. The highest BCUT2D eigenvalue weighted by Gasteiger charge is 2.30. The molecule has 1 heterocycles. The lowest BCUT2D eigenvalue weighted by molar-refractivity contribution is 0.199. The van der Waals surface area contributed by atoms with E-state index in [4.69, 9.17) is 0 Å². The van der Waals surface area contributed by atoms with Gasteiger partial charge >= 0.3 is 0 Å². The molecule has 1 atom stereocenters. The van der Waals surface area contributed by atoms with Gasteiger partial charge in [-0.15, -0.1) is 0 Å². The SMILES string of the molecule is CCC1(CC)CN(CC(C)SC)CCCN1. The van der Waals surface area contributed by atoms with E-state index in [-0.39, 0.29) is 0 Å². The van der Waals surface area contributed by atoms with Gasteiger partial charge in [0.2, 0.25) is 0 Å². The minimum Gasteiger partial charge on any atom is -0.310 e. The molecule has 1 unspecified atom stereocenters. The first-order valence-electron chi connectivity index (χ1n) is 6.66. The lowest BCUT2D eigenvalue weighted by Gasteiger charge is -2.36. The van der Waals surface area contributed by atoms with Crippen LogP contribution < -0.4 is 5.32 Å². The molecule has 1 aliphatic rings. The number of thioether (sulfide) groups is 1. The average Bonchev–Trinajstić information content (AvgIpc) is 2.52. The summed E-state index contributed by atoms with van der Waals surface area (Å²) in [7, 11) is 0. The highest BCUT2D eigenvalue weighted by Crippen LogP contribution is 2.20. The van der Waals surface area contributed by atoms with Crippen LogP contribution in [0.5, 0.6) is 0 Å². The Balaban J connectivity index is 2.57. The third-order valence-corrected chi connectivity index (χ3v) is 4.90. The largest absolute Gasteiger partial charge is 0.310 e. The fourth-order valence-electron chi connectivity index (χ4n) is 2.54. The van der Waals surface area contributed by atoms with E-state index in [0.29, 0.717) is 5.54 Å². The molecule has 96 valence electrons. The molecule has 16 heavy (non-hydrogen) atoms.